The molecule has 0 bridgehead atoms. The summed E-state index contributed by atoms with van der Waals surface area (Å²) in [6.45, 7) is 0. The van der Waals surface area contributed by atoms with Gasteiger partial charge in [-0.05, 0) is 12.1 Å². The van der Waals surface area contributed by atoms with E-state index in [4.69, 9.17) is 0 Å². The smallest absolute Gasteiger partial charge is 0.0267 e. The Balaban J connectivity index is 0.000000222. The Hall–Kier alpha value is -0.0275. The van der Waals surface area contributed by atoms with Crippen LogP contribution in [0, 0.1) is 0 Å². The number of nitrogens with zero attached hydrogens (tertiary/aromatic N) is 1. The van der Waals surface area contributed by atoms with Gasteiger partial charge in [0, 0.05) is 12.4 Å². The molecule has 0 spiro atoms. The Morgan fingerprint density at radius 1 is 1.00 bits per heavy atom. The molecular formula is C5H5ClCrN. The summed E-state index contributed by atoms with van der Waals surface area (Å²) in [6, 6.07) is 5.72. The minimum atomic E-state index is 1.75. The summed E-state index contributed by atoms with van der Waals surface area (Å²) in [5.74, 6) is 0. The van der Waals surface area contributed by atoms with Crippen LogP contribution in [0.5, 0.6) is 0 Å². The van der Waals surface area contributed by atoms with Crippen LogP contribution < -0.4 is 0 Å². The first-order valence-electron chi connectivity index (χ1n) is 2.00. The fourth-order valence-corrected chi connectivity index (χ4v) is 0.313. The molecule has 0 unspecified atom stereocenters. The third-order valence-electron chi connectivity index (χ3n) is 0.566. The molecule has 0 fully saturated rings. The van der Waals surface area contributed by atoms with Gasteiger partial charge in [0.15, 0.2) is 0 Å². The Labute approximate surface area is 61.3 Å². The van der Waals surface area contributed by atoms with Crippen molar-refractivity contribution in [1.29, 1.82) is 0 Å². The van der Waals surface area contributed by atoms with Crippen LogP contribution >= 0.6 is 10.0 Å². The second kappa shape index (κ2) is 6.97. The quantitative estimate of drug-likeness (QED) is 0.573. The Morgan fingerprint density at radius 3 is 1.62 bits per heavy atom. The van der Waals surface area contributed by atoms with Gasteiger partial charge in [-0.2, -0.15) is 0 Å². The zero-order valence-electron chi connectivity index (χ0n) is 4.12. The first-order valence-corrected chi connectivity index (χ1v) is 3.76. The molecule has 0 saturated carbocycles. The van der Waals surface area contributed by atoms with Crippen LogP contribution in [0.1, 0.15) is 0 Å². The number of hydrogen-bond acceptors (Lipinski definition) is 1. The first-order chi connectivity index (χ1) is 4.00. The molecule has 43 valence electrons. The second-order valence-electron chi connectivity index (χ2n) is 1.02. The Morgan fingerprint density at radius 2 is 1.50 bits per heavy atom. The molecule has 0 aliphatic rings. The van der Waals surface area contributed by atoms with Crippen molar-refractivity contribution >= 4 is 10.0 Å². The van der Waals surface area contributed by atoms with Crippen molar-refractivity contribution in [2.24, 2.45) is 0 Å². The molecule has 0 radical (unpaired) electrons. The predicted octanol–water partition coefficient (Wildman–Crippen LogP) is 1.77. The Bertz CT molecular complexity index is 84.4. The monoisotopic (exact) mass is 166 g/mol. The predicted molar refractivity (Wildman–Crippen MR) is 30.1 cm³/mol. The number of hydrogen-bond donors (Lipinski definition) is 0. The van der Waals surface area contributed by atoms with E-state index in [2.05, 4.69) is 30.4 Å². The molecule has 8 heavy (non-hydrogen) atoms. The maximum absolute atomic E-state index is 4.51. The summed E-state index contributed by atoms with van der Waals surface area (Å²) in [5, 5.41) is 0. The number of halogens is 1. The van der Waals surface area contributed by atoms with E-state index in [9.17, 15) is 0 Å². The van der Waals surface area contributed by atoms with Gasteiger partial charge in [-0.15, -0.1) is 0 Å². The fraction of sp³-hybridized carbons (Fsp3) is 0. The van der Waals surface area contributed by atoms with Crippen molar-refractivity contribution in [3.05, 3.63) is 30.6 Å². The molecule has 0 aromatic carbocycles. The minimum absolute atomic E-state index is 1.75. The van der Waals surface area contributed by atoms with Crippen molar-refractivity contribution < 1.29 is 15.4 Å². The SMILES string of the molecule is [Cl][Cr].c1ccncc1. The van der Waals surface area contributed by atoms with E-state index in [1.54, 1.807) is 12.4 Å². The Kier molecular flexibility index (Phi) is 6.95. The van der Waals surface area contributed by atoms with Crippen molar-refractivity contribution in [1.82, 2.24) is 4.98 Å². The number of rotatable bonds is 0. The summed E-state index contributed by atoms with van der Waals surface area (Å²) >= 11 is 2.10. The van der Waals surface area contributed by atoms with Gasteiger partial charge < -0.3 is 0 Å². The van der Waals surface area contributed by atoms with Gasteiger partial charge in [-0.1, -0.05) is 6.07 Å². The van der Waals surface area contributed by atoms with Gasteiger partial charge in [-0.3, -0.25) is 4.98 Å². The summed E-state index contributed by atoms with van der Waals surface area (Å²) in [5.41, 5.74) is 0. The molecule has 0 amide bonds. The third-order valence-corrected chi connectivity index (χ3v) is 0.566. The molecule has 0 saturated heterocycles. The van der Waals surface area contributed by atoms with Crippen LogP contribution in [0.2, 0.25) is 0 Å². The van der Waals surface area contributed by atoms with E-state index in [0.717, 1.165) is 0 Å². The van der Waals surface area contributed by atoms with Gasteiger partial charge in [0.25, 0.3) is 0 Å². The zero-order valence-corrected chi connectivity index (χ0v) is 6.15. The average Bonchev–Trinajstić information content (AvgIpc) is 1.96. The van der Waals surface area contributed by atoms with Crippen LogP contribution in [0.3, 0.4) is 0 Å². The van der Waals surface area contributed by atoms with E-state index in [1.807, 2.05) is 18.2 Å². The summed E-state index contributed by atoms with van der Waals surface area (Å²) in [7, 11) is 4.51. The van der Waals surface area contributed by atoms with Crippen molar-refractivity contribution in [3.8, 4) is 0 Å². The van der Waals surface area contributed by atoms with Crippen LogP contribution in [0.4, 0.5) is 0 Å². The van der Waals surface area contributed by atoms with Gasteiger partial charge >= 0.3 is 25.4 Å². The van der Waals surface area contributed by atoms with Crippen molar-refractivity contribution in [3.63, 3.8) is 0 Å². The third kappa shape index (κ3) is 4.14. The molecule has 0 N–H and O–H groups in total. The van der Waals surface area contributed by atoms with E-state index in [-0.39, 0.29) is 0 Å². The molecular weight excluding hydrogens is 162 g/mol. The van der Waals surface area contributed by atoms with Crippen LogP contribution in [0.15, 0.2) is 30.6 Å². The maximum atomic E-state index is 4.51. The van der Waals surface area contributed by atoms with E-state index >= 15 is 0 Å². The topological polar surface area (TPSA) is 12.9 Å². The van der Waals surface area contributed by atoms with Crippen LogP contribution in [-0.2, 0) is 15.4 Å². The van der Waals surface area contributed by atoms with Crippen molar-refractivity contribution in [2.75, 3.05) is 0 Å². The molecule has 0 aliphatic carbocycles. The van der Waals surface area contributed by atoms with Gasteiger partial charge in [-0.25, -0.2) is 0 Å². The molecule has 1 aromatic heterocycles. The normalized spacial score (nSPS) is 6.62. The average molecular weight is 167 g/mol. The maximum Gasteiger partial charge on any atom is 0.0267 e. The van der Waals surface area contributed by atoms with Gasteiger partial charge in [0.1, 0.15) is 0 Å². The molecule has 3 heteroatoms. The van der Waals surface area contributed by atoms with E-state index in [0.29, 0.717) is 0 Å². The largest absolute Gasteiger partial charge is 0.265 e. The molecule has 0 aliphatic heterocycles. The summed E-state index contributed by atoms with van der Waals surface area (Å²) in [6.07, 6.45) is 3.50. The van der Waals surface area contributed by atoms with Crippen LogP contribution in [0.25, 0.3) is 0 Å². The van der Waals surface area contributed by atoms with Gasteiger partial charge in [0.05, 0.1) is 0 Å². The zero-order chi connectivity index (χ0) is 6.24. The number of aromatic nitrogens is 1. The summed E-state index contributed by atoms with van der Waals surface area (Å²) < 4.78 is 0. The first kappa shape index (κ1) is 7.97. The fourth-order valence-electron chi connectivity index (χ4n) is 0.313. The standard InChI is InChI=1S/C5H5N.ClH.Cr/c1-2-4-6-5-3-1;;/h1-5H;1H;/q;;+1/p-1. The molecule has 1 nitrogen and oxygen atoms in total. The molecule has 1 heterocycles. The van der Waals surface area contributed by atoms with E-state index < -0.39 is 0 Å². The molecule has 1 aromatic rings. The molecule has 0 atom stereocenters. The van der Waals surface area contributed by atoms with Crippen molar-refractivity contribution in [2.45, 2.75) is 0 Å². The number of pyridine rings is 1. The molecule has 1 rings (SSSR count). The minimum Gasteiger partial charge on any atom is -0.265 e. The second-order valence-corrected chi connectivity index (χ2v) is 1.02. The van der Waals surface area contributed by atoms with E-state index in [1.165, 1.54) is 0 Å². The van der Waals surface area contributed by atoms with Crippen LogP contribution in [-0.4, -0.2) is 4.98 Å². The van der Waals surface area contributed by atoms with Gasteiger partial charge in [0.2, 0.25) is 0 Å². The summed E-state index contributed by atoms with van der Waals surface area (Å²) in [4.78, 5) is 3.78.